The number of aromatic carboxylic acids is 1. The fourth-order valence-electron chi connectivity index (χ4n) is 1.33. The topological polar surface area (TPSA) is 59.4 Å². The molecule has 0 fully saturated rings. The molecule has 0 spiro atoms. The summed E-state index contributed by atoms with van der Waals surface area (Å²) >= 11 is 4.51. The van der Waals surface area contributed by atoms with Crippen molar-refractivity contribution >= 4 is 33.2 Å². The number of carboxylic acids is 1. The molecule has 0 bridgehead atoms. The lowest BCUT2D eigenvalue weighted by Crippen LogP contribution is -2.01. The van der Waals surface area contributed by atoms with Crippen LogP contribution in [0.1, 0.15) is 15.9 Å². The number of hydrogen-bond acceptors (Lipinski definition) is 4. The summed E-state index contributed by atoms with van der Waals surface area (Å²) in [7, 11) is 0. The monoisotopic (exact) mass is 313 g/mol. The van der Waals surface area contributed by atoms with Crippen molar-refractivity contribution in [3.05, 3.63) is 39.3 Å². The van der Waals surface area contributed by atoms with Crippen LogP contribution in [-0.2, 0) is 0 Å². The standard InChI is InChI=1S/C11H8BrNO3S/c1-6-3-2-4-7(10(14)15)9(6)16-11-13-8(12)5-17-11/h2-5H,1H3,(H,14,15). The maximum absolute atomic E-state index is 11.1. The number of hydrogen-bond donors (Lipinski definition) is 1. The van der Waals surface area contributed by atoms with E-state index in [1.165, 1.54) is 17.4 Å². The minimum absolute atomic E-state index is 0.135. The van der Waals surface area contributed by atoms with E-state index in [-0.39, 0.29) is 5.56 Å². The van der Waals surface area contributed by atoms with Gasteiger partial charge in [0.15, 0.2) is 0 Å². The summed E-state index contributed by atoms with van der Waals surface area (Å²) in [6.45, 7) is 1.80. The highest BCUT2D eigenvalue weighted by molar-refractivity contribution is 9.10. The summed E-state index contributed by atoms with van der Waals surface area (Å²) < 4.78 is 6.19. The number of carbonyl (C=O) groups is 1. The Hall–Kier alpha value is -1.40. The van der Waals surface area contributed by atoms with Crippen LogP contribution < -0.4 is 4.74 Å². The van der Waals surface area contributed by atoms with Crippen LogP contribution in [0.25, 0.3) is 0 Å². The largest absolute Gasteiger partial charge is 0.478 e. The Labute approximate surface area is 110 Å². The molecule has 1 N–H and O–H groups in total. The number of para-hydroxylation sites is 1. The zero-order valence-electron chi connectivity index (χ0n) is 8.81. The summed E-state index contributed by atoms with van der Waals surface area (Å²) in [4.78, 5) is 15.1. The van der Waals surface area contributed by atoms with E-state index in [9.17, 15) is 4.79 Å². The second-order valence-corrected chi connectivity index (χ2v) is 4.93. The van der Waals surface area contributed by atoms with Gasteiger partial charge in [-0.25, -0.2) is 4.79 Å². The highest BCUT2D eigenvalue weighted by Gasteiger charge is 2.15. The number of aryl methyl sites for hydroxylation is 1. The molecule has 0 saturated carbocycles. The number of halogens is 1. The summed E-state index contributed by atoms with van der Waals surface area (Å²) in [5, 5.41) is 11.2. The van der Waals surface area contributed by atoms with Gasteiger partial charge in [0.1, 0.15) is 15.9 Å². The van der Waals surface area contributed by atoms with Crippen LogP contribution in [0.3, 0.4) is 0 Å². The number of rotatable bonds is 3. The summed E-state index contributed by atoms with van der Waals surface area (Å²) in [5.74, 6) is -0.679. The minimum atomic E-state index is -1.01. The van der Waals surface area contributed by atoms with Crippen molar-refractivity contribution in [1.29, 1.82) is 0 Å². The van der Waals surface area contributed by atoms with Crippen LogP contribution in [-0.4, -0.2) is 16.1 Å². The molecule has 2 rings (SSSR count). The number of benzene rings is 1. The average molecular weight is 314 g/mol. The highest BCUT2D eigenvalue weighted by atomic mass is 79.9. The Balaban J connectivity index is 2.40. The molecule has 0 aliphatic heterocycles. The lowest BCUT2D eigenvalue weighted by Gasteiger charge is -2.08. The lowest BCUT2D eigenvalue weighted by molar-refractivity contribution is 0.0694. The third kappa shape index (κ3) is 2.65. The molecule has 0 radical (unpaired) electrons. The summed E-state index contributed by atoms with van der Waals surface area (Å²) in [6.07, 6.45) is 0. The lowest BCUT2D eigenvalue weighted by atomic mass is 10.1. The first-order valence-corrected chi connectivity index (χ1v) is 6.37. The molecule has 88 valence electrons. The van der Waals surface area contributed by atoms with Crippen LogP contribution in [0.15, 0.2) is 28.2 Å². The number of ether oxygens (including phenoxy) is 1. The number of aromatic nitrogens is 1. The molecule has 0 aliphatic carbocycles. The Bertz CT molecular complexity index is 568. The third-order valence-corrected chi connectivity index (χ3v) is 3.51. The van der Waals surface area contributed by atoms with Gasteiger partial charge in [-0.15, -0.1) is 0 Å². The van der Waals surface area contributed by atoms with Crippen molar-refractivity contribution in [2.75, 3.05) is 0 Å². The molecule has 4 nitrogen and oxygen atoms in total. The number of thiazole rings is 1. The molecule has 0 atom stereocenters. The van der Waals surface area contributed by atoms with Crippen LogP contribution in [0.5, 0.6) is 10.9 Å². The Morgan fingerprint density at radius 2 is 2.29 bits per heavy atom. The van der Waals surface area contributed by atoms with Gasteiger partial charge in [-0.2, -0.15) is 4.98 Å². The van der Waals surface area contributed by atoms with E-state index in [0.29, 0.717) is 15.5 Å². The van der Waals surface area contributed by atoms with Crippen molar-refractivity contribution in [3.8, 4) is 10.9 Å². The van der Waals surface area contributed by atoms with Crippen LogP contribution in [0, 0.1) is 6.92 Å². The normalized spacial score (nSPS) is 10.2. The maximum atomic E-state index is 11.1. The molecule has 1 aromatic carbocycles. The van der Waals surface area contributed by atoms with Crippen molar-refractivity contribution < 1.29 is 14.6 Å². The fraction of sp³-hybridized carbons (Fsp3) is 0.0909. The fourth-order valence-corrected chi connectivity index (χ4v) is 2.42. The van der Waals surface area contributed by atoms with Gasteiger partial charge in [0.2, 0.25) is 0 Å². The predicted octanol–water partition coefficient (Wildman–Crippen LogP) is 3.70. The molecular formula is C11H8BrNO3S. The summed E-state index contributed by atoms with van der Waals surface area (Å²) in [6, 6.07) is 4.99. The first-order chi connectivity index (χ1) is 8.08. The first-order valence-electron chi connectivity index (χ1n) is 4.69. The Morgan fingerprint density at radius 1 is 1.53 bits per heavy atom. The molecule has 0 unspecified atom stereocenters. The zero-order valence-corrected chi connectivity index (χ0v) is 11.2. The van der Waals surface area contributed by atoms with Crippen LogP contribution in [0.2, 0.25) is 0 Å². The SMILES string of the molecule is Cc1cccc(C(=O)O)c1Oc1nc(Br)cs1. The maximum Gasteiger partial charge on any atom is 0.339 e. The van der Waals surface area contributed by atoms with Gasteiger partial charge in [-0.3, -0.25) is 0 Å². The molecule has 17 heavy (non-hydrogen) atoms. The van der Waals surface area contributed by atoms with Crippen LogP contribution >= 0.6 is 27.3 Å². The molecule has 2 aromatic rings. The predicted molar refractivity (Wildman–Crippen MR) is 68.0 cm³/mol. The average Bonchev–Trinajstić information content (AvgIpc) is 2.67. The van der Waals surface area contributed by atoms with Gasteiger partial charge in [0, 0.05) is 5.38 Å². The van der Waals surface area contributed by atoms with E-state index in [0.717, 1.165) is 5.56 Å². The van der Waals surface area contributed by atoms with Gasteiger partial charge in [0.25, 0.3) is 5.19 Å². The molecule has 6 heteroatoms. The Morgan fingerprint density at radius 3 is 2.88 bits per heavy atom. The first kappa shape index (κ1) is 12.1. The van der Waals surface area contributed by atoms with E-state index < -0.39 is 5.97 Å². The van der Waals surface area contributed by atoms with Gasteiger partial charge < -0.3 is 9.84 Å². The van der Waals surface area contributed by atoms with Gasteiger partial charge in [-0.1, -0.05) is 23.5 Å². The zero-order chi connectivity index (χ0) is 12.4. The third-order valence-electron chi connectivity index (χ3n) is 2.09. The van der Waals surface area contributed by atoms with E-state index >= 15 is 0 Å². The Kier molecular flexibility index (Phi) is 3.44. The summed E-state index contributed by atoms with van der Waals surface area (Å²) in [5.41, 5.74) is 0.896. The highest BCUT2D eigenvalue weighted by Crippen LogP contribution is 2.31. The molecule has 0 aliphatic rings. The smallest absolute Gasteiger partial charge is 0.339 e. The van der Waals surface area contributed by atoms with Crippen molar-refractivity contribution in [1.82, 2.24) is 4.98 Å². The molecule has 1 heterocycles. The van der Waals surface area contributed by atoms with Gasteiger partial charge in [0.05, 0.1) is 0 Å². The van der Waals surface area contributed by atoms with Gasteiger partial charge in [-0.05, 0) is 34.5 Å². The van der Waals surface area contributed by atoms with E-state index in [2.05, 4.69) is 20.9 Å². The minimum Gasteiger partial charge on any atom is -0.478 e. The van der Waals surface area contributed by atoms with E-state index in [1.54, 1.807) is 24.4 Å². The van der Waals surface area contributed by atoms with E-state index in [1.807, 2.05) is 0 Å². The quantitative estimate of drug-likeness (QED) is 0.938. The second kappa shape index (κ2) is 4.85. The molecule has 1 aromatic heterocycles. The molecular weight excluding hydrogens is 306 g/mol. The molecule has 0 amide bonds. The molecule has 0 saturated heterocycles. The van der Waals surface area contributed by atoms with Gasteiger partial charge >= 0.3 is 5.97 Å². The number of nitrogens with zero attached hydrogens (tertiary/aromatic N) is 1. The van der Waals surface area contributed by atoms with Crippen LogP contribution in [0.4, 0.5) is 0 Å². The van der Waals surface area contributed by atoms with Crippen molar-refractivity contribution in [2.45, 2.75) is 6.92 Å². The number of carboxylic acid groups (broad SMARTS) is 1. The van der Waals surface area contributed by atoms with E-state index in [4.69, 9.17) is 9.84 Å². The van der Waals surface area contributed by atoms with Crippen molar-refractivity contribution in [2.24, 2.45) is 0 Å². The second-order valence-electron chi connectivity index (χ2n) is 3.29. The van der Waals surface area contributed by atoms with Crippen molar-refractivity contribution in [3.63, 3.8) is 0 Å².